The van der Waals surface area contributed by atoms with Crippen LogP contribution in [0.5, 0.6) is 0 Å². The fourth-order valence-corrected chi connectivity index (χ4v) is 2.30. The molecule has 0 radical (unpaired) electrons. The molecule has 0 saturated carbocycles. The molecule has 1 aliphatic heterocycles. The minimum atomic E-state index is -0.959. The van der Waals surface area contributed by atoms with E-state index >= 15 is 0 Å². The number of carbonyl (C=O) groups excluding carboxylic acids is 1. The Morgan fingerprint density at radius 3 is 2.63 bits per heavy atom. The number of benzene rings is 1. The second-order valence-electron chi connectivity index (χ2n) is 5.25. The average molecular weight is 259 g/mol. The highest BCUT2D eigenvalue weighted by atomic mass is 16.4. The Morgan fingerprint density at radius 1 is 1.37 bits per heavy atom. The first-order valence-electron chi connectivity index (χ1n) is 6.17. The number of carboxylic acid groups (broad SMARTS) is 1. The largest absolute Gasteiger partial charge is 0.478 e. The van der Waals surface area contributed by atoms with Gasteiger partial charge >= 0.3 is 5.97 Å². The number of hydrogen-bond acceptors (Lipinski definition) is 2. The summed E-state index contributed by atoms with van der Waals surface area (Å²) in [5.74, 6) is -0.956. The van der Waals surface area contributed by atoms with Crippen molar-refractivity contribution in [2.75, 3.05) is 11.4 Å². The van der Waals surface area contributed by atoms with Crippen LogP contribution in [0.1, 0.15) is 26.3 Å². The highest BCUT2D eigenvalue weighted by Gasteiger charge is 2.42. The Morgan fingerprint density at radius 2 is 2.00 bits per heavy atom. The molecule has 1 aromatic carbocycles. The molecule has 1 heterocycles. The van der Waals surface area contributed by atoms with Gasteiger partial charge in [-0.05, 0) is 32.4 Å². The molecule has 100 valence electrons. The number of para-hydroxylation sites is 1. The van der Waals surface area contributed by atoms with E-state index in [1.807, 2.05) is 38.1 Å². The van der Waals surface area contributed by atoms with E-state index in [0.717, 1.165) is 11.3 Å². The molecule has 0 atom stereocenters. The number of anilines is 1. The van der Waals surface area contributed by atoms with Crippen LogP contribution in [0.3, 0.4) is 0 Å². The van der Waals surface area contributed by atoms with Crippen molar-refractivity contribution in [3.63, 3.8) is 0 Å². The third-order valence-electron chi connectivity index (χ3n) is 3.57. The van der Waals surface area contributed by atoms with Gasteiger partial charge in [0.15, 0.2) is 0 Å². The fourth-order valence-electron chi connectivity index (χ4n) is 2.30. The zero-order valence-corrected chi connectivity index (χ0v) is 11.3. The molecular formula is C15H17NO3. The Hall–Kier alpha value is -2.10. The lowest BCUT2D eigenvalue weighted by molar-refractivity contribution is -0.132. The SMILES string of the molecule is CC(=CCN1C(=O)C(C)(C)c2ccccc21)C(=O)O. The van der Waals surface area contributed by atoms with Crippen molar-refractivity contribution in [3.8, 4) is 0 Å². The summed E-state index contributed by atoms with van der Waals surface area (Å²) in [5, 5.41) is 8.85. The van der Waals surface area contributed by atoms with Crippen LogP contribution in [-0.2, 0) is 15.0 Å². The highest BCUT2D eigenvalue weighted by Crippen LogP contribution is 2.41. The van der Waals surface area contributed by atoms with Gasteiger partial charge in [0.2, 0.25) is 5.91 Å². The van der Waals surface area contributed by atoms with Crippen LogP contribution >= 0.6 is 0 Å². The van der Waals surface area contributed by atoms with E-state index < -0.39 is 11.4 Å². The normalized spacial score (nSPS) is 17.5. The molecule has 0 spiro atoms. The van der Waals surface area contributed by atoms with Crippen molar-refractivity contribution >= 4 is 17.6 Å². The Bertz CT molecular complexity index is 573. The summed E-state index contributed by atoms with van der Waals surface area (Å²) in [6.45, 7) is 5.60. The molecule has 0 fully saturated rings. The number of amides is 1. The fraction of sp³-hybridized carbons (Fsp3) is 0.333. The van der Waals surface area contributed by atoms with E-state index in [-0.39, 0.29) is 18.0 Å². The predicted octanol–water partition coefficient (Wildman–Crippen LogP) is 2.34. The van der Waals surface area contributed by atoms with E-state index in [0.29, 0.717) is 0 Å². The van der Waals surface area contributed by atoms with Crippen molar-refractivity contribution in [1.29, 1.82) is 0 Å². The molecular weight excluding hydrogens is 242 g/mol. The van der Waals surface area contributed by atoms with Gasteiger partial charge in [0.1, 0.15) is 0 Å². The van der Waals surface area contributed by atoms with Gasteiger partial charge in [-0.25, -0.2) is 4.79 Å². The van der Waals surface area contributed by atoms with Gasteiger partial charge in [-0.15, -0.1) is 0 Å². The Labute approximate surface area is 112 Å². The maximum Gasteiger partial charge on any atom is 0.331 e. The number of nitrogens with zero attached hydrogens (tertiary/aromatic N) is 1. The van der Waals surface area contributed by atoms with Gasteiger partial charge in [-0.1, -0.05) is 24.3 Å². The van der Waals surface area contributed by atoms with E-state index in [1.54, 1.807) is 11.0 Å². The van der Waals surface area contributed by atoms with Crippen LogP contribution < -0.4 is 4.90 Å². The lowest BCUT2D eigenvalue weighted by Crippen LogP contribution is -2.36. The lowest BCUT2D eigenvalue weighted by atomic mass is 9.86. The van der Waals surface area contributed by atoms with E-state index in [9.17, 15) is 9.59 Å². The third-order valence-corrected chi connectivity index (χ3v) is 3.57. The molecule has 2 rings (SSSR count). The number of hydrogen-bond donors (Lipinski definition) is 1. The summed E-state index contributed by atoms with van der Waals surface area (Å²) in [7, 11) is 0. The molecule has 0 unspecified atom stereocenters. The molecule has 0 bridgehead atoms. The summed E-state index contributed by atoms with van der Waals surface area (Å²) in [6, 6.07) is 7.64. The first-order chi connectivity index (χ1) is 8.85. The molecule has 0 aliphatic carbocycles. The molecule has 19 heavy (non-hydrogen) atoms. The second kappa shape index (κ2) is 4.53. The smallest absolute Gasteiger partial charge is 0.331 e. The minimum Gasteiger partial charge on any atom is -0.478 e. The number of fused-ring (bicyclic) bond motifs is 1. The average Bonchev–Trinajstić information content (AvgIpc) is 2.56. The molecule has 0 saturated heterocycles. The molecule has 1 aromatic rings. The third kappa shape index (κ3) is 2.14. The van der Waals surface area contributed by atoms with E-state index in [1.165, 1.54) is 6.92 Å². The molecule has 4 heteroatoms. The topological polar surface area (TPSA) is 57.6 Å². The van der Waals surface area contributed by atoms with Crippen LogP contribution in [0.15, 0.2) is 35.9 Å². The summed E-state index contributed by atoms with van der Waals surface area (Å²) < 4.78 is 0. The Kier molecular flexibility index (Phi) is 3.18. The zero-order chi connectivity index (χ0) is 14.2. The number of carbonyl (C=O) groups is 2. The molecule has 0 aromatic heterocycles. The first kappa shape index (κ1) is 13.3. The summed E-state index contributed by atoms with van der Waals surface area (Å²) >= 11 is 0. The quantitative estimate of drug-likeness (QED) is 0.848. The Balaban J connectivity index is 2.36. The molecule has 4 nitrogen and oxygen atoms in total. The van der Waals surface area contributed by atoms with Gasteiger partial charge in [-0.3, -0.25) is 4.79 Å². The highest BCUT2D eigenvalue weighted by molar-refractivity contribution is 6.07. The standard InChI is InChI=1S/C15H17NO3/c1-10(13(17)18)8-9-16-12-7-5-4-6-11(12)15(2,3)14(16)19/h4-8H,9H2,1-3H3,(H,17,18). The molecule has 1 amide bonds. The van der Waals surface area contributed by atoms with Crippen molar-refractivity contribution in [2.24, 2.45) is 0 Å². The summed E-state index contributed by atoms with van der Waals surface area (Å²) in [4.78, 5) is 24.8. The van der Waals surface area contributed by atoms with Crippen LogP contribution in [0.2, 0.25) is 0 Å². The second-order valence-corrected chi connectivity index (χ2v) is 5.25. The molecule has 1 aliphatic rings. The van der Waals surface area contributed by atoms with Gasteiger partial charge in [0, 0.05) is 17.8 Å². The maximum absolute atomic E-state index is 12.4. The number of aliphatic carboxylic acids is 1. The van der Waals surface area contributed by atoms with Gasteiger partial charge in [-0.2, -0.15) is 0 Å². The predicted molar refractivity (Wildman–Crippen MR) is 73.2 cm³/mol. The number of carboxylic acids is 1. The van der Waals surface area contributed by atoms with Crippen LogP contribution in [0.25, 0.3) is 0 Å². The summed E-state index contributed by atoms with van der Waals surface area (Å²) in [6.07, 6.45) is 1.57. The van der Waals surface area contributed by atoms with Crippen LogP contribution in [-0.4, -0.2) is 23.5 Å². The van der Waals surface area contributed by atoms with Crippen molar-refractivity contribution in [2.45, 2.75) is 26.2 Å². The van der Waals surface area contributed by atoms with E-state index in [2.05, 4.69) is 0 Å². The minimum absolute atomic E-state index is 0.00291. The van der Waals surface area contributed by atoms with E-state index in [4.69, 9.17) is 5.11 Å². The summed E-state index contributed by atoms with van der Waals surface area (Å²) in [5.41, 5.74) is 1.55. The van der Waals surface area contributed by atoms with Crippen molar-refractivity contribution in [1.82, 2.24) is 0 Å². The van der Waals surface area contributed by atoms with Crippen molar-refractivity contribution < 1.29 is 14.7 Å². The van der Waals surface area contributed by atoms with Crippen molar-refractivity contribution in [3.05, 3.63) is 41.5 Å². The van der Waals surface area contributed by atoms with Gasteiger partial charge < -0.3 is 10.0 Å². The zero-order valence-electron chi connectivity index (χ0n) is 11.3. The van der Waals surface area contributed by atoms with Crippen LogP contribution in [0.4, 0.5) is 5.69 Å². The van der Waals surface area contributed by atoms with Gasteiger partial charge in [0.05, 0.1) is 5.41 Å². The lowest BCUT2D eigenvalue weighted by Gasteiger charge is -2.19. The number of rotatable bonds is 3. The maximum atomic E-state index is 12.4. The van der Waals surface area contributed by atoms with Gasteiger partial charge in [0.25, 0.3) is 0 Å². The first-order valence-corrected chi connectivity index (χ1v) is 6.17. The van der Waals surface area contributed by atoms with Crippen LogP contribution in [0, 0.1) is 0 Å². The molecule has 1 N–H and O–H groups in total. The monoisotopic (exact) mass is 259 g/mol.